The van der Waals surface area contributed by atoms with Crippen LogP contribution in [-0.2, 0) is 0 Å². The SMILES string of the molecule is N#CC1(C(O)c2nccs2)CC1. The first-order valence-corrected chi connectivity index (χ1v) is 4.65. The summed E-state index contributed by atoms with van der Waals surface area (Å²) in [5.74, 6) is 0. The number of rotatable bonds is 2. The van der Waals surface area contributed by atoms with E-state index in [0.717, 1.165) is 12.8 Å². The van der Waals surface area contributed by atoms with E-state index >= 15 is 0 Å². The van der Waals surface area contributed by atoms with Crippen LogP contribution < -0.4 is 0 Å². The zero-order chi connectivity index (χ0) is 8.60. The lowest BCUT2D eigenvalue weighted by Crippen LogP contribution is -2.10. The summed E-state index contributed by atoms with van der Waals surface area (Å²) in [4.78, 5) is 3.99. The molecule has 0 bridgehead atoms. The van der Waals surface area contributed by atoms with E-state index in [9.17, 15) is 5.11 Å². The van der Waals surface area contributed by atoms with Gasteiger partial charge in [-0.2, -0.15) is 5.26 Å². The summed E-state index contributed by atoms with van der Waals surface area (Å²) in [5.41, 5.74) is -0.516. The van der Waals surface area contributed by atoms with Gasteiger partial charge in [0.2, 0.25) is 0 Å². The van der Waals surface area contributed by atoms with Gasteiger partial charge in [-0.05, 0) is 12.8 Å². The van der Waals surface area contributed by atoms with Crippen LogP contribution >= 0.6 is 11.3 Å². The molecule has 4 heteroatoms. The Labute approximate surface area is 74.3 Å². The van der Waals surface area contributed by atoms with Crippen molar-refractivity contribution in [3.63, 3.8) is 0 Å². The second-order valence-electron chi connectivity index (χ2n) is 3.04. The van der Waals surface area contributed by atoms with Crippen molar-refractivity contribution in [2.75, 3.05) is 0 Å². The maximum Gasteiger partial charge on any atom is 0.124 e. The van der Waals surface area contributed by atoms with Crippen LogP contribution in [0.2, 0.25) is 0 Å². The molecule has 1 fully saturated rings. The highest BCUT2D eigenvalue weighted by Gasteiger charge is 2.51. The Morgan fingerprint density at radius 1 is 1.75 bits per heavy atom. The van der Waals surface area contributed by atoms with Crippen LogP contribution in [0.5, 0.6) is 0 Å². The molecule has 1 aliphatic carbocycles. The summed E-state index contributed by atoms with van der Waals surface area (Å²) in [6, 6.07) is 2.16. The molecular formula is C8H8N2OS. The summed E-state index contributed by atoms with van der Waals surface area (Å²) in [7, 11) is 0. The van der Waals surface area contributed by atoms with E-state index in [1.807, 2.05) is 5.38 Å². The molecule has 1 saturated carbocycles. The molecule has 1 unspecified atom stereocenters. The molecule has 3 nitrogen and oxygen atoms in total. The number of aromatic nitrogens is 1. The van der Waals surface area contributed by atoms with Crippen molar-refractivity contribution in [1.82, 2.24) is 4.98 Å². The van der Waals surface area contributed by atoms with Crippen molar-refractivity contribution >= 4 is 11.3 Å². The van der Waals surface area contributed by atoms with E-state index in [2.05, 4.69) is 11.1 Å². The van der Waals surface area contributed by atoms with Crippen molar-refractivity contribution in [3.8, 4) is 6.07 Å². The predicted molar refractivity (Wildman–Crippen MR) is 44.4 cm³/mol. The molecule has 0 saturated heterocycles. The summed E-state index contributed by atoms with van der Waals surface area (Å²) in [6.07, 6.45) is 2.56. The van der Waals surface area contributed by atoms with E-state index in [1.54, 1.807) is 6.20 Å². The smallest absolute Gasteiger partial charge is 0.124 e. The van der Waals surface area contributed by atoms with E-state index in [0.29, 0.717) is 5.01 Å². The van der Waals surface area contributed by atoms with Gasteiger partial charge in [-0.25, -0.2) is 4.98 Å². The second kappa shape index (κ2) is 2.54. The molecular weight excluding hydrogens is 172 g/mol. The van der Waals surface area contributed by atoms with Crippen molar-refractivity contribution < 1.29 is 5.11 Å². The van der Waals surface area contributed by atoms with Crippen molar-refractivity contribution in [2.45, 2.75) is 18.9 Å². The van der Waals surface area contributed by atoms with Crippen LogP contribution in [0.1, 0.15) is 24.0 Å². The molecule has 0 radical (unpaired) electrons. The quantitative estimate of drug-likeness (QED) is 0.750. The largest absolute Gasteiger partial charge is 0.384 e. The molecule has 1 heterocycles. The zero-order valence-electron chi connectivity index (χ0n) is 6.40. The molecule has 0 amide bonds. The lowest BCUT2D eigenvalue weighted by atomic mass is 10.0. The standard InChI is InChI=1S/C8H8N2OS/c9-5-8(1-2-8)6(11)7-10-3-4-12-7/h3-4,6,11H,1-2H2. The van der Waals surface area contributed by atoms with E-state index in [-0.39, 0.29) is 0 Å². The Hall–Kier alpha value is -0.920. The number of thiazole rings is 1. The first-order chi connectivity index (χ1) is 5.78. The number of aliphatic hydroxyl groups is 1. The van der Waals surface area contributed by atoms with Gasteiger partial charge >= 0.3 is 0 Å². The third-order valence-corrected chi connectivity index (χ3v) is 3.05. The van der Waals surface area contributed by atoms with Crippen molar-refractivity contribution in [2.24, 2.45) is 5.41 Å². The Morgan fingerprint density at radius 3 is 2.92 bits per heavy atom. The van der Waals surface area contributed by atoms with Crippen LogP contribution in [0.4, 0.5) is 0 Å². The van der Waals surface area contributed by atoms with E-state index in [4.69, 9.17) is 5.26 Å². The van der Waals surface area contributed by atoms with Gasteiger partial charge in [0.15, 0.2) is 0 Å². The average molecular weight is 180 g/mol. The minimum absolute atomic E-state index is 0.516. The lowest BCUT2D eigenvalue weighted by Gasteiger charge is -2.10. The van der Waals surface area contributed by atoms with Gasteiger partial charge in [0.1, 0.15) is 11.1 Å². The monoisotopic (exact) mass is 180 g/mol. The number of nitrogens with zero attached hydrogens (tertiary/aromatic N) is 2. The van der Waals surface area contributed by atoms with Crippen molar-refractivity contribution in [1.29, 1.82) is 5.26 Å². The van der Waals surface area contributed by atoms with Gasteiger partial charge in [-0.1, -0.05) is 0 Å². The van der Waals surface area contributed by atoms with Gasteiger partial charge in [0.25, 0.3) is 0 Å². The Morgan fingerprint density at radius 2 is 2.50 bits per heavy atom. The topological polar surface area (TPSA) is 56.9 Å². The molecule has 1 atom stereocenters. The molecule has 0 aliphatic heterocycles. The maximum absolute atomic E-state index is 9.73. The molecule has 1 aliphatic rings. The first kappa shape index (κ1) is 7.71. The number of aliphatic hydroxyl groups excluding tert-OH is 1. The fraction of sp³-hybridized carbons (Fsp3) is 0.500. The third kappa shape index (κ3) is 1.02. The van der Waals surface area contributed by atoms with Crippen LogP contribution in [-0.4, -0.2) is 10.1 Å². The minimum Gasteiger partial charge on any atom is -0.384 e. The Kier molecular flexibility index (Phi) is 1.63. The molecule has 2 rings (SSSR count). The van der Waals surface area contributed by atoms with E-state index in [1.165, 1.54) is 11.3 Å². The molecule has 0 spiro atoms. The fourth-order valence-electron chi connectivity index (χ4n) is 1.19. The molecule has 1 aromatic heterocycles. The third-order valence-electron chi connectivity index (χ3n) is 2.22. The highest BCUT2D eigenvalue weighted by atomic mass is 32.1. The molecule has 62 valence electrons. The predicted octanol–water partition coefficient (Wildman–Crippen LogP) is 1.48. The van der Waals surface area contributed by atoms with Gasteiger partial charge in [0, 0.05) is 11.6 Å². The number of hydrogen-bond acceptors (Lipinski definition) is 4. The minimum atomic E-state index is -0.678. The lowest BCUT2D eigenvalue weighted by molar-refractivity contribution is 0.122. The maximum atomic E-state index is 9.73. The van der Waals surface area contributed by atoms with Crippen LogP contribution in [0.15, 0.2) is 11.6 Å². The number of nitriles is 1. The summed E-state index contributed by atoms with van der Waals surface area (Å²) >= 11 is 1.40. The summed E-state index contributed by atoms with van der Waals surface area (Å²) in [6.45, 7) is 0. The first-order valence-electron chi connectivity index (χ1n) is 3.77. The van der Waals surface area contributed by atoms with Crippen LogP contribution in [0.25, 0.3) is 0 Å². The van der Waals surface area contributed by atoms with Crippen LogP contribution in [0.3, 0.4) is 0 Å². The summed E-state index contributed by atoms with van der Waals surface area (Å²) in [5, 5.41) is 21.0. The highest BCUT2D eigenvalue weighted by Crippen LogP contribution is 2.54. The molecule has 12 heavy (non-hydrogen) atoms. The van der Waals surface area contributed by atoms with Gasteiger partial charge in [0.05, 0.1) is 11.5 Å². The second-order valence-corrected chi connectivity index (χ2v) is 3.97. The molecule has 1 N–H and O–H groups in total. The fourth-order valence-corrected chi connectivity index (χ4v) is 1.92. The van der Waals surface area contributed by atoms with E-state index < -0.39 is 11.5 Å². The Bertz CT molecular complexity index is 310. The van der Waals surface area contributed by atoms with Gasteiger partial charge in [-0.15, -0.1) is 11.3 Å². The van der Waals surface area contributed by atoms with Gasteiger partial charge in [-0.3, -0.25) is 0 Å². The van der Waals surface area contributed by atoms with Crippen LogP contribution in [0, 0.1) is 16.7 Å². The Balaban J connectivity index is 2.22. The average Bonchev–Trinajstić information content (AvgIpc) is 2.71. The zero-order valence-corrected chi connectivity index (χ0v) is 7.21. The molecule has 0 aromatic carbocycles. The number of hydrogen-bond donors (Lipinski definition) is 1. The normalized spacial score (nSPS) is 21.3. The molecule has 1 aromatic rings. The van der Waals surface area contributed by atoms with Gasteiger partial charge < -0.3 is 5.11 Å². The van der Waals surface area contributed by atoms with Crippen molar-refractivity contribution in [3.05, 3.63) is 16.6 Å². The highest BCUT2D eigenvalue weighted by molar-refractivity contribution is 7.09. The summed E-state index contributed by atoms with van der Waals surface area (Å²) < 4.78 is 0.